The van der Waals surface area contributed by atoms with Crippen LogP contribution in [0.3, 0.4) is 0 Å². The van der Waals surface area contributed by atoms with E-state index in [1.54, 1.807) is 12.1 Å². The number of carbonyl (C=O) groups is 1. The maximum absolute atomic E-state index is 11.2. The van der Waals surface area contributed by atoms with Crippen LogP contribution in [0.4, 0.5) is 5.69 Å². The summed E-state index contributed by atoms with van der Waals surface area (Å²) in [6.45, 7) is 0.664. The Morgan fingerprint density at radius 2 is 1.79 bits per heavy atom. The molecule has 0 saturated heterocycles. The molecule has 0 amide bonds. The van der Waals surface area contributed by atoms with E-state index < -0.39 is 5.97 Å². The molecule has 0 atom stereocenters. The SMILES string of the molecule is CN(Cc1ccc(Br)cc1)c1ccccc1C(=O)O. The lowest BCUT2D eigenvalue weighted by Gasteiger charge is -2.21. The average Bonchev–Trinajstić information content (AvgIpc) is 2.41. The number of aromatic carboxylic acids is 1. The molecule has 98 valence electrons. The number of para-hydroxylation sites is 1. The summed E-state index contributed by atoms with van der Waals surface area (Å²) in [7, 11) is 1.89. The Labute approximate surface area is 120 Å². The van der Waals surface area contributed by atoms with E-state index in [-0.39, 0.29) is 0 Å². The highest BCUT2D eigenvalue weighted by atomic mass is 79.9. The predicted octanol–water partition coefficient (Wildman–Crippen LogP) is 3.78. The molecule has 0 unspecified atom stereocenters. The van der Waals surface area contributed by atoms with Gasteiger partial charge < -0.3 is 10.0 Å². The second-order valence-electron chi connectivity index (χ2n) is 4.30. The number of hydrogen-bond acceptors (Lipinski definition) is 2. The molecule has 2 rings (SSSR count). The van der Waals surface area contributed by atoms with Crippen LogP contribution in [0.15, 0.2) is 53.0 Å². The maximum Gasteiger partial charge on any atom is 0.337 e. The number of hydrogen-bond donors (Lipinski definition) is 1. The van der Waals surface area contributed by atoms with E-state index in [9.17, 15) is 9.90 Å². The number of rotatable bonds is 4. The first-order valence-electron chi connectivity index (χ1n) is 5.86. The second-order valence-corrected chi connectivity index (χ2v) is 5.22. The Morgan fingerprint density at radius 1 is 1.16 bits per heavy atom. The van der Waals surface area contributed by atoms with Gasteiger partial charge in [-0.25, -0.2) is 4.79 Å². The molecular formula is C15H14BrNO2. The summed E-state index contributed by atoms with van der Waals surface area (Å²) in [6.07, 6.45) is 0. The predicted molar refractivity (Wildman–Crippen MR) is 79.7 cm³/mol. The fourth-order valence-electron chi connectivity index (χ4n) is 1.94. The molecule has 1 N–H and O–H groups in total. The number of halogens is 1. The summed E-state index contributed by atoms with van der Waals surface area (Å²) in [4.78, 5) is 13.1. The zero-order valence-corrected chi connectivity index (χ0v) is 12.1. The molecule has 0 spiro atoms. The van der Waals surface area contributed by atoms with Crippen molar-refractivity contribution in [2.24, 2.45) is 0 Å². The first-order chi connectivity index (χ1) is 9.08. The van der Waals surface area contributed by atoms with Crippen molar-refractivity contribution in [3.05, 3.63) is 64.1 Å². The van der Waals surface area contributed by atoms with Crippen molar-refractivity contribution in [3.63, 3.8) is 0 Å². The van der Waals surface area contributed by atoms with Gasteiger partial charge in [-0.05, 0) is 29.8 Å². The van der Waals surface area contributed by atoms with Gasteiger partial charge in [-0.2, -0.15) is 0 Å². The molecule has 0 saturated carbocycles. The lowest BCUT2D eigenvalue weighted by molar-refractivity contribution is 0.0697. The third kappa shape index (κ3) is 3.35. The van der Waals surface area contributed by atoms with Crippen molar-refractivity contribution in [2.45, 2.75) is 6.54 Å². The molecule has 0 heterocycles. The molecule has 4 heteroatoms. The number of anilines is 1. The molecule has 19 heavy (non-hydrogen) atoms. The Balaban J connectivity index is 2.22. The first-order valence-corrected chi connectivity index (χ1v) is 6.65. The van der Waals surface area contributed by atoms with E-state index in [1.165, 1.54) is 0 Å². The van der Waals surface area contributed by atoms with Gasteiger partial charge in [0.15, 0.2) is 0 Å². The van der Waals surface area contributed by atoms with Crippen LogP contribution in [-0.4, -0.2) is 18.1 Å². The molecular weight excluding hydrogens is 306 g/mol. The second kappa shape index (κ2) is 5.89. The van der Waals surface area contributed by atoms with Crippen LogP contribution < -0.4 is 4.90 Å². The van der Waals surface area contributed by atoms with Crippen molar-refractivity contribution in [2.75, 3.05) is 11.9 Å². The van der Waals surface area contributed by atoms with E-state index in [1.807, 2.05) is 48.3 Å². The first kappa shape index (κ1) is 13.6. The van der Waals surface area contributed by atoms with Crippen LogP contribution in [0, 0.1) is 0 Å². The molecule has 0 fully saturated rings. The summed E-state index contributed by atoms with van der Waals surface area (Å²) >= 11 is 3.40. The van der Waals surface area contributed by atoms with E-state index >= 15 is 0 Å². The van der Waals surface area contributed by atoms with Crippen molar-refractivity contribution in [1.29, 1.82) is 0 Å². The average molecular weight is 320 g/mol. The zero-order valence-electron chi connectivity index (χ0n) is 10.5. The Morgan fingerprint density at radius 3 is 2.42 bits per heavy atom. The van der Waals surface area contributed by atoms with Gasteiger partial charge in [0.1, 0.15) is 0 Å². The summed E-state index contributed by atoms with van der Waals surface area (Å²) in [5.74, 6) is -0.904. The zero-order chi connectivity index (χ0) is 13.8. The standard InChI is InChI=1S/C15H14BrNO2/c1-17(10-11-6-8-12(16)9-7-11)14-5-3-2-4-13(14)15(18)19/h2-9H,10H2,1H3,(H,18,19). The van der Waals surface area contributed by atoms with Gasteiger partial charge in [0.25, 0.3) is 0 Å². The smallest absolute Gasteiger partial charge is 0.337 e. The van der Waals surface area contributed by atoms with E-state index in [4.69, 9.17) is 0 Å². The van der Waals surface area contributed by atoms with Crippen LogP contribution >= 0.6 is 15.9 Å². The summed E-state index contributed by atoms with van der Waals surface area (Å²) < 4.78 is 1.03. The number of nitrogens with zero attached hydrogens (tertiary/aromatic N) is 1. The van der Waals surface area contributed by atoms with Crippen LogP contribution in [-0.2, 0) is 6.54 Å². The van der Waals surface area contributed by atoms with Gasteiger partial charge in [-0.1, -0.05) is 40.2 Å². The minimum Gasteiger partial charge on any atom is -0.478 e. The Kier molecular flexibility index (Phi) is 4.22. The summed E-state index contributed by atoms with van der Waals surface area (Å²) in [5, 5.41) is 9.18. The van der Waals surface area contributed by atoms with E-state index in [0.717, 1.165) is 15.7 Å². The van der Waals surface area contributed by atoms with Crippen LogP contribution in [0.25, 0.3) is 0 Å². The Bertz CT molecular complexity index is 581. The van der Waals surface area contributed by atoms with Gasteiger partial charge in [0.05, 0.1) is 11.3 Å². The molecule has 0 aliphatic rings. The highest BCUT2D eigenvalue weighted by molar-refractivity contribution is 9.10. The van der Waals surface area contributed by atoms with Crippen molar-refractivity contribution >= 4 is 27.6 Å². The highest BCUT2D eigenvalue weighted by Gasteiger charge is 2.12. The van der Waals surface area contributed by atoms with Crippen molar-refractivity contribution in [3.8, 4) is 0 Å². The lowest BCUT2D eigenvalue weighted by atomic mass is 10.1. The van der Waals surface area contributed by atoms with Gasteiger partial charge in [0.2, 0.25) is 0 Å². The third-order valence-electron chi connectivity index (χ3n) is 2.88. The van der Waals surface area contributed by atoms with E-state index in [2.05, 4.69) is 15.9 Å². The normalized spacial score (nSPS) is 10.2. The van der Waals surface area contributed by atoms with E-state index in [0.29, 0.717) is 12.1 Å². The van der Waals surface area contributed by atoms with Crippen LogP contribution in [0.5, 0.6) is 0 Å². The minimum absolute atomic E-state index is 0.321. The quantitative estimate of drug-likeness (QED) is 0.932. The maximum atomic E-state index is 11.2. The van der Waals surface area contributed by atoms with Crippen LogP contribution in [0.2, 0.25) is 0 Å². The van der Waals surface area contributed by atoms with Gasteiger partial charge in [-0.3, -0.25) is 0 Å². The molecule has 0 aliphatic carbocycles. The molecule has 0 radical (unpaired) electrons. The fourth-order valence-corrected chi connectivity index (χ4v) is 2.20. The molecule has 2 aromatic carbocycles. The summed E-state index contributed by atoms with van der Waals surface area (Å²) in [5.41, 5.74) is 2.17. The molecule has 0 bridgehead atoms. The van der Waals surface area contributed by atoms with Gasteiger partial charge in [-0.15, -0.1) is 0 Å². The van der Waals surface area contributed by atoms with Crippen molar-refractivity contribution in [1.82, 2.24) is 0 Å². The molecule has 3 nitrogen and oxygen atoms in total. The lowest BCUT2D eigenvalue weighted by Crippen LogP contribution is -2.19. The molecule has 0 aromatic heterocycles. The monoisotopic (exact) mass is 319 g/mol. The minimum atomic E-state index is -0.904. The van der Waals surface area contributed by atoms with Crippen molar-refractivity contribution < 1.29 is 9.90 Å². The number of carboxylic acids is 1. The third-order valence-corrected chi connectivity index (χ3v) is 3.41. The van der Waals surface area contributed by atoms with Gasteiger partial charge in [0, 0.05) is 18.1 Å². The number of benzene rings is 2. The van der Waals surface area contributed by atoms with Gasteiger partial charge >= 0.3 is 5.97 Å². The largest absolute Gasteiger partial charge is 0.478 e. The number of carboxylic acid groups (broad SMARTS) is 1. The highest BCUT2D eigenvalue weighted by Crippen LogP contribution is 2.21. The fraction of sp³-hybridized carbons (Fsp3) is 0.133. The topological polar surface area (TPSA) is 40.5 Å². The molecule has 0 aliphatic heterocycles. The summed E-state index contributed by atoms with van der Waals surface area (Å²) in [6, 6.07) is 15.0. The Hall–Kier alpha value is -1.81. The van der Waals surface area contributed by atoms with Crippen LogP contribution in [0.1, 0.15) is 15.9 Å². The molecule has 2 aromatic rings.